The molecule has 1 aromatic heterocycles. The van der Waals surface area contributed by atoms with Crippen molar-refractivity contribution in [3.8, 4) is 5.69 Å². The molecule has 1 amide bonds. The lowest BCUT2D eigenvalue weighted by Crippen LogP contribution is -2.22. The molecule has 4 nitrogen and oxygen atoms in total. The highest BCUT2D eigenvalue weighted by Crippen LogP contribution is 2.28. The van der Waals surface area contributed by atoms with Gasteiger partial charge >= 0.3 is 0 Å². The van der Waals surface area contributed by atoms with E-state index in [-0.39, 0.29) is 17.2 Å². The van der Waals surface area contributed by atoms with Gasteiger partial charge in [0.15, 0.2) is 0 Å². The SMILES string of the molecule is CCC(C(=O)Nc1cc(C(C)(C)C)nn1-c1ccc(C)cc1)c1ccccc1. The van der Waals surface area contributed by atoms with E-state index in [1.807, 2.05) is 60.1 Å². The lowest BCUT2D eigenvalue weighted by atomic mass is 9.92. The summed E-state index contributed by atoms with van der Waals surface area (Å²) in [7, 11) is 0. The average molecular weight is 376 g/mol. The quantitative estimate of drug-likeness (QED) is 0.630. The molecule has 4 heteroatoms. The number of rotatable bonds is 5. The second kappa shape index (κ2) is 8.01. The molecule has 28 heavy (non-hydrogen) atoms. The molecule has 2 aromatic carbocycles. The Bertz CT molecular complexity index is 934. The highest BCUT2D eigenvalue weighted by Gasteiger charge is 2.24. The summed E-state index contributed by atoms with van der Waals surface area (Å²) in [5, 5.41) is 7.92. The Morgan fingerprint density at radius 3 is 2.29 bits per heavy atom. The van der Waals surface area contributed by atoms with Crippen LogP contribution in [0.3, 0.4) is 0 Å². The normalized spacial score (nSPS) is 12.6. The zero-order valence-corrected chi connectivity index (χ0v) is 17.4. The number of hydrogen-bond acceptors (Lipinski definition) is 2. The van der Waals surface area contributed by atoms with Crippen LogP contribution in [-0.2, 0) is 10.2 Å². The summed E-state index contributed by atoms with van der Waals surface area (Å²) in [6.07, 6.45) is 0.737. The van der Waals surface area contributed by atoms with Crippen molar-refractivity contribution < 1.29 is 4.79 Å². The monoisotopic (exact) mass is 375 g/mol. The van der Waals surface area contributed by atoms with E-state index in [4.69, 9.17) is 5.10 Å². The molecule has 3 rings (SSSR count). The number of nitrogens with one attached hydrogen (secondary N) is 1. The van der Waals surface area contributed by atoms with Crippen molar-refractivity contribution in [1.29, 1.82) is 0 Å². The molecule has 1 N–H and O–H groups in total. The number of benzene rings is 2. The summed E-state index contributed by atoms with van der Waals surface area (Å²) in [6, 6.07) is 20.1. The number of aryl methyl sites for hydroxylation is 1. The Morgan fingerprint density at radius 1 is 1.07 bits per heavy atom. The van der Waals surface area contributed by atoms with E-state index in [0.29, 0.717) is 5.82 Å². The van der Waals surface area contributed by atoms with Crippen LogP contribution >= 0.6 is 0 Å². The van der Waals surface area contributed by atoms with E-state index in [2.05, 4.69) is 45.1 Å². The number of aromatic nitrogens is 2. The third-order valence-corrected chi connectivity index (χ3v) is 4.93. The largest absolute Gasteiger partial charge is 0.310 e. The van der Waals surface area contributed by atoms with Gasteiger partial charge in [0.1, 0.15) is 5.82 Å². The van der Waals surface area contributed by atoms with Crippen molar-refractivity contribution in [1.82, 2.24) is 9.78 Å². The van der Waals surface area contributed by atoms with Crippen LogP contribution < -0.4 is 5.32 Å². The van der Waals surface area contributed by atoms with Gasteiger partial charge in [-0.15, -0.1) is 0 Å². The minimum atomic E-state index is -0.194. The third-order valence-electron chi connectivity index (χ3n) is 4.93. The minimum absolute atomic E-state index is 0.0116. The molecule has 0 saturated carbocycles. The van der Waals surface area contributed by atoms with Crippen LogP contribution in [0.25, 0.3) is 5.69 Å². The number of nitrogens with zero attached hydrogens (tertiary/aromatic N) is 2. The molecule has 146 valence electrons. The minimum Gasteiger partial charge on any atom is -0.310 e. The lowest BCUT2D eigenvalue weighted by molar-refractivity contribution is -0.117. The van der Waals surface area contributed by atoms with Crippen LogP contribution in [-0.4, -0.2) is 15.7 Å². The summed E-state index contributed by atoms with van der Waals surface area (Å²) < 4.78 is 1.83. The summed E-state index contributed by atoms with van der Waals surface area (Å²) in [5.41, 5.74) is 3.98. The topological polar surface area (TPSA) is 46.9 Å². The Morgan fingerprint density at radius 2 is 1.71 bits per heavy atom. The average Bonchev–Trinajstić information content (AvgIpc) is 3.08. The van der Waals surface area contributed by atoms with Crippen LogP contribution in [0.5, 0.6) is 0 Å². The maximum atomic E-state index is 13.1. The van der Waals surface area contributed by atoms with Gasteiger partial charge in [-0.2, -0.15) is 5.10 Å². The maximum Gasteiger partial charge on any atom is 0.233 e. The van der Waals surface area contributed by atoms with Crippen LogP contribution in [0.1, 0.15) is 56.9 Å². The third kappa shape index (κ3) is 4.33. The molecule has 0 aliphatic rings. The van der Waals surface area contributed by atoms with E-state index >= 15 is 0 Å². The van der Waals surface area contributed by atoms with Gasteiger partial charge in [-0.25, -0.2) is 4.68 Å². The summed E-state index contributed by atoms with van der Waals surface area (Å²) in [6.45, 7) is 10.5. The molecule has 0 fully saturated rings. The molecule has 3 aromatic rings. The van der Waals surface area contributed by atoms with Crippen molar-refractivity contribution >= 4 is 11.7 Å². The van der Waals surface area contributed by atoms with E-state index in [0.717, 1.165) is 23.4 Å². The Hall–Kier alpha value is -2.88. The van der Waals surface area contributed by atoms with Crippen molar-refractivity contribution in [3.63, 3.8) is 0 Å². The van der Waals surface area contributed by atoms with Gasteiger partial charge in [0, 0.05) is 11.5 Å². The Balaban J connectivity index is 1.97. The fraction of sp³-hybridized carbons (Fsp3) is 0.333. The predicted octanol–water partition coefficient (Wildman–Crippen LogP) is 5.61. The van der Waals surface area contributed by atoms with E-state index in [9.17, 15) is 4.79 Å². The second-order valence-corrected chi connectivity index (χ2v) is 8.27. The number of carbonyl (C=O) groups excluding carboxylic acids is 1. The first-order chi connectivity index (χ1) is 13.3. The summed E-state index contributed by atoms with van der Waals surface area (Å²) in [4.78, 5) is 13.1. The van der Waals surface area contributed by atoms with Gasteiger partial charge in [-0.3, -0.25) is 4.79 Å². The van der Waals surface area contributed by atoms with Gasteiger partial charge in [0.25, 0.3) is 0 Å². The highest BCUT2D eigenvalue weighted by molar-refractivity contribution is 5.95. The van der Waals surface area contributed by atoms with Gasteiger partial charge < -0.3 is 5.32 Å². The zero-order chi connectivity index (χ0) is 20.3. The van der Waals surface area contributed by atoms with Crippen molar-refractivity contribution in [2.24, 2.45) is 0 Å². The first-order valence-corrected chi connectivity index (χ1v) is 9.83. The molecular weight excluding hydrogens is 346 g/mol. The number of carbonyl (C=O) groups is 1. The molecule has 0 saturated heterocycles. The molecule has 1 unspecified atom stereocenters. The van der Waals surface area contributed by atoms with Crippen LogP contribution in [0.2, 0.25) is 0 Å². The Labute approximate surface area is 167 Å². The number of amides is 1. The van der Waals surface area contributed by atoms with Crippen molar-refractivity contribution in [2.45, 2.75) is 52.4 Å². The maximum absolute atomic E-state index is 13.1. The van der Waals surface area contributed by atoms with Crippen molar-refractivity contribution in [2.75, 3.05) is 5.32 Å². The Kier molecular flexibility index (Phi) is 5.68. The van der Waals surface area contributed by atoms with Gasteiger partial charge in [-0.1, -0.05) is 75.7 Å². The van der Waals surface area contributed by atoms with Crippen molar-refractivity contribution in [3.05, 3.63) is 77.5 Å². The fourth-order valence-electron chi connectivity index (χ4n) is 3.19. The first-order valence-electron chi connectivity index (χ1n) is 9.83. The van der Waals surface area contributed by atoms with Crippen LogP contribution in [0.15, 0.2) is 60.7 Å². The lowest BCUT2D eigenvalue weighted by Gasteiger charge is -2.16. The molecular formula is C24H29N3O. The van der Waals surface area contributed by atoms with Gasteiger partial charge in [0.05, 0.1) is 17.3 Å². The molecule has 0 aliphatic carbocycles. The molecule has 0 spiro atoms. The van der Waals surface area contributed by atoms with Gasteiger partial charge in [-0.05, 0) is 31.0 Å². The molecule has 0 aliphatic heterocycles. The van der Waals surface area contributed by atoms with E-state index in [1.165, 1.54) is 5.56 Å². The summed E-state index contributed by atoms with van der Waals surface area (Å²) in [5.74, 6) is 0.497. The van der Waals surface area contributed by atoms with Crippen LogP contribution in [0, 0.1) is 6.92 Å². The molecule has 1 heterocycles. The number of hydrogen-bond donors (Lipinski definition) is 1. The first kappa shape index (κ1) is 19.9. The fourth-order valence-corrected chi connectivity index (χ4v) is 3.19. The second-order valence-electron chi connectivity index (χ2n) is 8.27. The molecule has 0 bridgehead atoms. The molecule has 1 atom stereocenters. The van der Waals surface area contributed by atoms with Gasteiger partial charge in [0.2, 0.25) is 5.91 Å². The van der Waals surface area contributed by atoms with E-state index < -0.39 is 0 Å². The van der Waals surface area contributed by atoms with Crippen LogP contribution in [0.4, 0.5) is 5.82 Å². The zero-order valence-electron chi connectivity index (χ0n) is 17.4. The highest BCUT2D eigenvalue weighted by atomic mass is 16.2. The predicted molar refractivity (Wildman–Crippen MR) is 115 cm³/mol. The van der Waals surface area contributed by atoms with E-state index in [1.54, 1.807) is 0 Å². The molecule has 0 radical (unpaired) electrons. The summed E-state index contributed by atoms with van der Waals surface area (Å²) >= 11 is 0. The smallest absolute Gasteiger partial charge is 0.233 e. The number of anilines is 1. The standard InChI is InChI=1S/C24H29N3O/c1-6-20(18-10-8-7-9-11-18)23(28)25-22-16-21(24(3,4)5)26-27(22)19-14-12-17(2)13-15-19/h7-16,20H,6H2,1-5H3,(H,25,28).